The number of carbonyl (C=O) groups is 1. The first kappa shape index (κ1) is 14.2. The van der Waals surface area contributed by atoms with Gasteiger partial charge in [0.25, 0.3) is 0 Å². The molecular weight excluding hydrogens is 290 g/mol. The first-order valence-corrected chi connectivity index (χ1v) is 8.14. The summed E-state index contributed by atoms with van der Waals surface area (Å²) in [6, 6.07) is 11.4. The third-order valence-electron chi connectivity index (χ3n) is 3.79. The number of rotatable bonds is 3. The van der Waals surface area contributed by atoms with Gasteiger partial charge in [0.05, 0.1) is 10.9 Å². The minimum Gasteiger partial charge on any atom is -0.377 e. The summed E-state index contributed by atoms with van der Waals surface area (Å²) >= 11 is 0. The molecule has 0 saturated carbocycles. The maximum Gasteiger partial charge on any atom is 0.245 e. The molecule has 6 heteroatoms. The zero-order chi connectivity index (χ0) is 15.0. The lowest BCUT2D eigenvalue weighted by Crippen LogP contribution is -2.41. The molecule has 0 aliphatic carbocycles. The number of hydrogen-bond donors (Lipinski definition) is 1. The Balaban J connectivity index is 2.09. The highest BCUT2D eigenvalue weighted by molar-refractivity contribution is 7.89. The first-order chi connectivity index (χ1) is 10.0. The van der Waals surface area contributed by atoms with Gasteiger partial charge in [-0.1, -0.05) is 30.3 Å². The van der Waals surface area contributed by atoms with Crippen molar-refractivity contribution in [3.63, 3.8) is 0 Å². The molecule has 1 N–H and O–H groups in total. The summed E-state index contributed by atoms with van der Waals surface area (Å²) in [5, 5.41) is 11.6. The number of benzene rings is 2. The van der Waals surface area contributed by atoms with Gasteiger partial charge < -0.3 is 9.90 Å². The Morgan fingerprint density at radius 1 is 1.10 bits per heavy atom. The SMILES string of the molecule is O=CC1CCC(O)N1S(=O)(=O)c1ccc2ccccc2c1. The molecule has 0 spiro atoms. The highest BCUT2D eigenvalue weighted by atomic mass is 32.2. The molecule has 0 bridgehead atoms. The third kappa shape index (κ3) is 2.35. The van der Waals surface area contributed by atoms with Crippen molar-refractivity contribution in [1.82, 2.24) is 4.31 Å². The van der Waals surface area contributed by atoms with Crippen molar-refractivity contribution in [2.75, 3.05) is 0 Å². The molecule has 0 amide bonds. The molecule has 2 unspecified atom stereocenters. The normalized spacial score (nSPS) is 23.5. The Bertz CT molecular complexity index is 787. The van der Waals surface area contributed by atoms with Crippen LogP contribution in [0.15, 0.2) is 47.4 Å². The van der Waals surface area contributed by atoms with E-state index in [2.05, 4.69) is 0 Å². The number of aliphatic hydroxyl groups excluding tert-OH is 1. The second-order valence-electron chi connectivity index (χ2n) is 5.11. The topological polar surface area (TPSA) is 74.7 Å². The Labute approximate surface area is 122 Å². The van der Waals surface area contributed by atoms with Crippen LogP contribution < -0.4 is 0 Å². The molecule has 1 aliphatic heterocycles. The van der Waals surface area contributed by atoms with Gasteiger partial charge in [-0.25, -0.2) is 8.42 Å². The fraction of sp³-hybridized carbons (Fsp3) is 0.267. The van der Waals surface area contributed by atoms with E-state index in [4.69, 9.17) is 0 Å². The molecule has 5 nitrogen and oxygen atoms in total. The summed E-state index contributed by atoms with van der Waals surface area (Å²) in [6.07, 6.45) is 0.0550. The maximum absolute atomic E-state index is 12.7. The van der Waals surface area contributed by atoms with Crippen LogP contribution in [-0.2, 0) is 14.8 Å². The van der Waals surface area contributed by atoms with E-state index in [1.54, 1.807) is 12.1 Å². The lowest BCUT2D eigenvalue weighted by molar-refractivity contribution is -0.111. The fourth-order valence-electron chi connectivity index (χ4n) is 2.71. The summed E-state index contributed by atoms with van der Waals surface area (Å²) in [4.78, 5) is 11.1. The number of aliphatic hydroxyl groups is 1. The Morgan fingerprint density at radius 3 is 2.52 bits per heavy atom. The molecule has 21 heavy (non-hydrogen) atoms. The van der Waals surface area contributed by atoms with Gasteiger partial charge in [-0.2, -0.15) is 4.31 Å². The van der Waals surface area contributed by atoms with Crippen LogP contribution in [0.4, 0.5) is 0 Å². The molecule has 110 valence electrons. The molecule has 2 aromatic rings. The van der Waals surface area contributed by atoms with Crippen LogP contribution in [0.25, 0.3) is 10.8 Å². The summed E-state index contributed by atoms with van der Waals surface area (Å²) in [6.45, 7) is 0. The van der Waals surface area contributed by atoms with Gasteiger partial charge in [0.15, 0.2) is 0 Å². The van der Waals surface area contributed by atoms with Crippen LogP contribution in [0, 0.1) is 0 Å². The Kier molecular flexibility index (Phi) is 3.52. The quantitative estimate of drug-likeness (QED) is 0.872. The van der Waals surface area contributed by atoms with E-state index >= 15 is 0 Å². The van der Waals surface area contributed by atoms with Crippen LogP contribution in [0.1, 0.15) is 12.8 Å². The zero-order valence-electron chi connectivity index (χ0n) is 11.2. The number of nitrogens with zero attached hydrogens (tertiary/aromatic N) is 1. The van der Waals surface area contributed by atoms with E-state index in [1.165, 1.54) is 6.07 Å². The molecular formula is C15H15NO4S. The summed E-state index contributed by atoms with van der Waals surface area (Å²) in [7, 11) is -3.89. The van der Waals surface area contributed by atoms with Crippen molar-refractivity contribution in [2.24, 2.45) is 0 Å². The van der Waals surface area contributed by atoms with Crippen LogP contribution in [0.3, 0.4) is 0 Å². The van der Waals surface area contributed by atoms with Crippen molar-refractivity contribution < 1.29 is 18.3 Å². The predicted molar refractivity (Wildman–Crippen MR) is 78.1 cm³/mol. The van der Waals surface area contributed by atoms with E-state index in [9.17, 15) is 18.3 Å². The van der Waals surface area contributed by atoms with Crippen molar-refractivity contribution in [1.29, 1.82) is 0 Å². The average Bonchev–Trinajstić information content (AvgIpc) is 2.88. The van der Waals surface area contributed by atoms with Crippen LogP contribution >= 0.6 is 0 Å². The molecule has 1 aliphatic rings. The van der Waals surface area contributed by atoms with Crippen molar-refractivity contribution in [3.05, 3.63) is 42.5 Å². The molecule has 2 aromatic carbocycles. The van der Waals surface area contributed by atoms with E-state index in [0.717, 1.165) is 15.1 Å². The van der Waals surface area contributed by atoms with Gasteiger partial charge >= 0.3 is 0 Å². The lowest BCUT2D eigenvalue weighted by atomic mass is 10.1. The highest BCUT2D eigenvalue weighted by Crippen LogP contribution is 2.30. The van der Waals surface area contributed by atoms with Gasteiger partial charge in [0, 0.05) is 0 Å². The van der Waals surface area contributed by atoms with Gasteiger partial charge in [0.1, 0.15) is 12.5 Å². The summed E-state index contributed by atoms with van der Waals surface area (Å²) in [5.41, 5.74) is 0. The van der Waals surface area contributed by atoms with Crippen LogP contribution in [0.5, 0.6) is 0 Å². The van der Waals surface area contributed by atoms with E-state index < -0.39 is 22.3 Å². The number of carbonyl (C=O) groups excluding carboxylic acids is 1. The molecule has 3 rings (SSSR count). The van der Waals surface area contributed by atoms with E-state index in [0.29, 0.717) is 12.7 Å². The zero-order valence-corrected chi connectivity index (χ0v) is 12.0. The number of aldehydes is 1. The number of fused-ring (bicyclic) bond motifs is 1. The molecule has 2 atom stereocenters. The minimum absolute atomic E-state index is 0.0917. The van der Waals surface area contributed by atoms with Crippen LogP contribution in [-0.4, -0.2) is 36.4 Å². The van der Waals surface area contributed by atoms with Crippen LogP contribution in [0.2, 0.25) is 0 Å². The lowest BCUT2D eigenvalue weighted by Gasteiger charge is -2.23. The van der Waals surface area contributed by atoms with E-state index in [-0.39, 0.29) is 11.3 Å². The summed E-state index contributed by atoms with van der Waals surface area (Å²) < 4.78 is 26.2. The Morgan fingerprint density at radius 2 is 1.81 bits per heavy atom. The van der Waals surface area contributed by atoms with Crippen molar-refractivity contribution in [2.45, 2.75) is 30.0 Å². The minimum atomic E-state index is -3.89. The molecule has 1 saturated heterocycles. The molecule has 0 aromatic heterocycles. The van der Waals surface area contributed by atoms with Crippen molar-refractivity contribution in [3.8, 4) is 0 Å². The molecule has 1 heterocycles. The Hall–Kier alpha value is -1.76. The average molecular weight is 305 g/mol. The second-order valence-corrected chi connectivity index (χ2v) is 6.95. The monoisotopic (exact) mass is 305 g/mol. The predicted octanol–water partition coefficient (Wildman–Crippen LogP) is 1.51. The molecule has 0 radical (unpaired) electrons. The largest absolute Gasteiger partial charge is 0.377 e. The number of hydrogen-bond acceptors (Lipinski definition) is 4. The first-order valence-electron chi connectivity index (χ1n) is 6.70. The number of sulfonamides is 1. The summed E-state index contributed by atoms with van der Waals surface area (Å²) in [5.74, 6) is 0. The van der Waals surface area contributed by atoms with Gasteiger partial charge in [-0.3, -0.25) is 0 Å². The van der Waals surface area contributed by atoms with Gasteiger partial charge in [0.2, 0.25) is 10.0 Å². The highest BCUT2D eigenvalue weighted by Gasteiger charge is 2.41. The van der Waals surface area contributed by atoms with Crippen molar-refractivity contribution >= 4 is 27.1 Å². The third-order valence-corrected chi connectivity index (χ3v) is 5.71. The fourth-order valence-corrected chi connectivity index (χ4v) is 4.41. The smallest absolute Gasteiger partial charge is 0.245 e. The van der Waals surface area contributed by atoms with Gasteiger partial charge in [-0.05, 0) is 35.7 Å². The van der Waals surface area contributed by atoms with Gasteiger partial charge in [-0.15, -0.1) is 0 Å². The van der Waals surface area contributed by atoms with E-state index in [1.807, 2.05) is 24.3 Å². The standard InChI is InChI=1S/C15H15NO4S/c17-10-13-6-8-15(18)16(13)21(19,20)14-7-5-11-3-1-2-4-12(11)9-14/h1-5,7,9-10,13,15,18H,6,8H2. The maximum atomic E-state index is 12.7. The molecule has 1 fully saturated rings. The second kappa shape index (κ2) is 5.22.